The Morgan fingerprint density at radius 2 is 1.22 bits per heavy atom. The largest absolute Gasteiger partial charge is 0.465 e. The van der Waals surface area contributed by atoms with Gasteiger partial charge in [0.25, 0.3) is 12.4 Å². The number of nitrogens with zero attached hydrogens (tertiary/aromatic N) is 2. The van der Waals surface area contributed by atoms with Crippen molar-refractivity contribution in [3.63, 3.8) is 0 Å². The van der Waals surface area contributed by atoms with Crippen LogP contribution in [0.25, 0.3) is 11.5 Å². The molecule has 3 aromatic carbocycles. The number of nitrogens with two attached hydrogens (primary N) is 3. The summed E-state index contributed by atoms with van der Waals surface area (Å²) in [5.41, 5.74) is 7.83. The first-order valence-corrected chi connectivity index (χ1v) is 16.2. The number of ether oxygens (including phenoxy) is 4. The zero-order valence-electron chi connectivity index (χ0n) is 26.5. The number of hydrazine groups is 2. The molecule has 1 amide bonds. The Kier molecular flexibility index (Phi) is 23.6. The summed E-state index contributed by atoms with van der Waals surface area (Å²) in [6.45, 7) is 5.55. The summed E-state index contributed by atoms with van der Waals surface area (Å²) in [4.78, 5) is 22.1. The minimum Gasteiger partial charge on any atom is -0.465 e. The Hall–Kier alpha value is -2.31. The highest BCUT2D eigenvalue weighted by molar-refractivity contribution is 14.1. The van der Waals surface area contributed by atoms with E-state index in [1.165, 1.54) is 49.5 Å². The van der Waals surface area contributed by atoms with E-state index in [0.717, 1.165) is 18.3 Å². The number of amides is 1. The van der Waals surface area contributed by atoms with E-state index in [2.05, 4.69) is 121 Å². The van der Waals surface area contributed by atoms with Crippen molar-refractivity contribution in [3.8, 4) is 11.5 Å². The standard InChI is InChI=1S/C9H7IN2O.C9H9IO2.C8H9IN2O.C4H10O3.H4N2/c1-6-2-3-7(4-8(6)10)9-12-11-5-13-9;1-6-3-4-7(5-8(6)10)9(11)12-2;1-5-2-3-6(4-7(5)9)8(12)11-10;1-5-4(6-2)7-3;1-2/h2-5H,1H3;3-5H,1-2H3;2-4H,10H2,1H3,(H,11,12);4H,1-3H3;1-2H2. The summed E-state index contributed by atoms with van der Waals surface area (Å²) >= 11 is 6.66. The first-order valence-electron chi connectivity index (χ1n) is 13.0. The average Bonchev–Trinajstić information content (AvgIpc) is 3.62. The topological polar surface area (TPSA) is 200 Å². The fraction of sp³-hybridized carbons (Fsp3) is 0.267. The summed E-state index contributed by atoms with van der Waals surface area (Å²) in [5.74, 6) is 13.0. The van der Waals surface area contributed by atoms with Crippen LogP contribution in [-0.2, 0) is 18.9 Å². The van der Waals surface area contributed by atoms with E-state index in [4.69, 9.17) is 10.3 Å². The van der Waals surface area contributed by atoms with Gasteiger partial charge < -0.3 is 23.4 Å². The monoisotopic (exact) mass is 976 g/mol. The molecule has 13 nitrogen and oxygen atoms in total. The molecule has 1 heterocycles. The van der Waals surface area contributed by atoms with Gasteiger partial charge in [-0.15, -0.1) is 10.2 Å². The quantitative estimate of drug-likeness (QED) is 0.0489. The zero-order valence-corrected chi connectivity index (χ0v) is 32.9. The number of carbonyl (C=O) groups is 2. The molecule has 0 saturated heterocycles. The summed E-state index contributed by atoms with van der Waals surface area (Å²) in [6, 6.07) is 17.0. The third kappa shape index (κ3) is 16.0. The average molecular weight is 976 g/mol. The van der Waals surface area contributed by atoms with Crippen LogP contribution in [0.5, 0.6) is 0 Å². The van der Waals surface area contributed by atoms with Crippen molar-refractivity contribution in [3.05, 3.63) is 99.5 Å². The van der Waals surface area contributed by atoms with Crippen molar-refractivity contribution in [1.29, 1.82) is 0 Å². The molecule has 16 heteroatoms. The lowest BCUT2D eigenvalue weighted by Gasteiger charge is -2.08. The van der Waals surface area contributed by atoms with E-state index < -0.39 is 6.48 Å². The van der Waals surface area contributed by atoms with Crippen LogP contribution in [0.4, 0.5) is 0 Å². The maximum atomic E-state index is 11.1. The van der Waals surface area contributed by atoms with Gasteiger partial charge in [0.05, 0.1) is 12.7 Å². The minimum atomic E-state index is -0.514. The second-order valence-corrected chi connectivity index (χ2v) is 12.1. The molecule has 4 rings (SSSR count). The highest BCUT2D eigenvalue weighted by Crippen LogP contribution is 2.21. The Bertz CT molecular complexity index is 1400. The van der Waals surface area contributed by atoms with E-state index in [1.54, 1.807) is 18.2 Å². The molecule has 0 atom stereocenters. The molecule has 7 N–H and O–H groups in total. The highest BCUT2D eigenvalue weighted by atomic mass is 127. The van der Waals surface area contributed by atoms with Crippen molar-refractivity contribution < 1.29 is 33.0 Å². The van der Waals surface area contributed by atoms with Crippen LogP contribution >= 0.6 is 67.8 Å². The van der Waals surface area contributed by atoms with Gasteiger partial charge in [0.1, 0.15) is 0 Å². The lowest BCUT2D eigenvalue weighted by Crippen LogP contribution is -2.30. The molecule has 252 valence electrons. The number of carbonyl (C=O) groups excluding carboxylic acids is 2. The van der Waals surface area contributed by atoms with Crippen LogP contribution in [0.2, 0.25) is 0 Å². The van der Waals surface area contributed by atoms with E-state index in [0.29, 0.717) is 17.0 Å². The fourth-order valence-electron chi connectivity index (χ4n) is 2.97. The van der Waals surface area contributed by atoms with Crippen LogP contribution in [0.1, 0.15) is 37.4 Å². The van der Waals surface area contributed by atoms with Crippen LogP contribution < -0.4 is 23.0 Å². The number of halogens is 3. The van der Waals surface area contributed by atoms with Crippen molar-refractivity contribution >= 4 is 79.6 Å². The van der Waals surface area contributed by atoms with Crippen LogP contribution in [0.3, 0.4) is 0 Å². The van der Waals surface area contributed by atoms with Crippen LogP contribution in [-0.4, -0.2) is 57.0 Å². The van der Waals surface area contributed by atoms with Crippen LogP contribution in [0, 0.1) is 31.5 Å². The molecule has 4 aromatic rings. The number of rotatable bonds is 6. The molecule has 0 spiro atoms. The van der Waals surface area contributed by atoms with Gasteiger partial charge >= 0.3 is 5.97 Å². The molecule has 1 aromatic heterocycles. The van der Waals surface area contributed by atoms with E-state index >= 15 is 0 Å². The second kappa shape index (κ2) is 24.8. The molecule has 0 aliphatic heterocycles. The molecular formula is C30H39I3N6O7. The number of aromatic nitrogens is 2. The number of methoxy groups -OCH3 is 4. The fourth-order valence-corrected chi connectivity index (χ4v) is 4.51. The third-order valence-electron chi connectivity index (χ3n) is 5.51. The number of hydrogen-bond donors (Lipinski definition) is 4. The summed E-state index contributed by atoms with van der Waals surface area (Å²) in [7, 11) is 5.92. The SMILES string of the molecule is COC(=O)c1ccc(C)c(I)c1.COC(OC)OC.Cc1ccc(-c2nnco2)cc1I.Cc1ccc(C(=O)NN)cc1I.NN. The van der Waals surface area contributed by atoms with Crippen molar-refractivity contribution in [2.75, 3.05) is 28.4 Å². The highest BCUT2D eigenvalue weighted by Gasteiger charge is 2.06. The number of hydrogen-bond acceptors (Lipinski definition) is 12. The maximum Gasteiger partial charge on any atom is 0.337 e. The van der Waals surface area contributed by atoms with Gasteiger partial charge in [-0.1, -0.05) is 18.2 Å². The molecule has 0 bridgehead atoms. The summed E-state index contributed by atoms with van der Waals surface area (Å²) in [6.07, 6.45) is 1.34. The van der Waals surface area contributed by atoms with E-state index in [-0.39, 0.29) is 11.9 Å². The molecule has 0 fully saturated rings. The molecule has 0 saturated carbocycles. The number of nitrogens with one attached hydrogen (secondary N) is 1. The Labute approximate surface area is 310 Å². The molecule has 46 heavy (non-hydrogen) atoms. The predicted octanol–water partition coefficient (Wildman–Crippen LogP) is 5.27. The van der Waals surface area contributed by atoms with Crippen molar-refractivity contribution in [1.82, 2.24) is 15.6 Å². The van der Waals surface area contributed by atoms with Crippen LogP contribution in [0.15, 0.2) is 65.4 Å². The van der Waals surface area contributed by atoms with Gasteiger partial charge in [0.15, 0.2) is 0 Å². The third-order valence-corrected chi connectivity index (χ3v) is 9.00. The lowest BCUT2D eigenvalue weighted by molar-refractivity contribution is -0.252. The molecule has 0 aliphatic carbocycles. The zero-order chi connectivity index (χ0) is 35.2. The molecular weight excluding hydrogens is 937 g/mol. The number of esters is 1. The normalized spacial score (nSPS) is 9.61. The van der Waals surface area contributed by atoms with Gasteiger partial charge in [-0.3, -0.25) is 21.9 Å². The minimum absolute atomic E-state index is 0.257. The Morgan fingerprint density at radius 1 is 0.761 bits per heavy atom. The van der Waals surface area contributed by atoms with Gasteiger partial charge in [0.2, 0.25) is 12.3 Å². The van der Waals surface area contributed by atoms with Gasteiger partial charge in [-0.25, -0.2) is 10.6 Å². The van der Waals surface area contributed by atoms with E-state index in [1.807, 2.05) is 50.2 Å². The smallest absolute Gasteiger partial charge is 0.337 e. The Morgan fingerprint density at radius 3 is 1.59 bits per heavy atom. The predicted molar refractivity (Wildman–Crippen MR) is 201 cm³/mol. The first-order chi connectivity index (χ1) is 21.9. The van der Waals surface area contributed by atoms with Crippen molar-refractivity contribution in [2.24, 2.45) is 17.5 Å². The summed E-state index contributed by atoms with van der Waals surface area (Å²) in [5, 5.41) is 7.47. The number of aryl methyl sites for hydroxylation is 3. The lowest BCUT2D eigenvalue weighted by atomic mass is 10.1. The van der Waals surface area contributed by atoms with Gasteiger partial charge in [-0.2, -0.15) is 0 Å². The second-order valence-electron chi connectivity index (χ2n) is 8.60. The molecule has 0 aliphatic rings. The van der Waals surface area contributed by atoms with E-state index in [9.17, 15) is 9.59 Å². The maximum absolute atomic E-state index is 11.1. The van der Waals surface area contributed by atoms with Gasteiger partial charge in [-0.05, 0) is 142 Å². The first kappa shape index (κ1) is 43.7. The number of nitrogen functional groups attached to an aromatic ring is 1. The number of benzene rings is 3. The van der Waals surface area contributed by atoms with Crippen molar-refractivity contribution in [2.45, 2.75) is 27.2 Å². The molecule has 0 unspecified atom stereocenters. The Balaban J connectivity index is 0.000000588. The summed E-state index contributed by atoms with van der Waals surface area (Å²) < 4.78 is 26.8. The molecule has 0 radical (unpaired) electrons. The van der Waals surface area contributed by atoms with Gasteiger partial charge in [0, 0.05) is 43.2 Å².